The van der Waals surface area contributed by atoms with E-state index in [1.807, 2.05) is 12.1 Å². The Morgan fingerprint density at radius 2 is 2.00 bits per heavy atom. The van der Waals surface area contributed by atoms with Gasteiger partial charge in [0.2, 0.25) is 5.91 Å². The van der Waals surface area contributed by atoms with Crippen molar-refractivity contribution in [3.8, 4) is 11.5 Å². The van der Waals surface area contributed by atoms with Crippen molar-refractivity contribution in [1.82, 2.24) is 5.32 Å². The topological polar surface area (TPSA) is 67.8 Å². The highest BCUT2D eigenvalue weighted by atomic mass is 16.5. The Kier molecular flexibility index (Phi) is 6.00. The predicted molar refractivity (Wildman–Crippen MR) is 67.7 cm³/mol. The molecule has 0 atom stereocenters. The minimum absolute atomic E-state index is 0.0315. The summed E-state index contributed by atoms with van der Waals surface area (Å²) in [5.74, 6) is 1.23. The number of methoxy groups -OCH3 is 2. The summed E-state index contributed by atoms with van der Waals surface area (Å²) < 4.78 is 10.3. The molecule has 0 radical (unpaired) electrons. The summed E-state index contributed by atoms with van der Waals surface area (Å²) >= 11 is 0. The molecule has 0 aliphatic carbocycles. The van der Waals surface area contributed by atoms with E-state index in [1.54, 1.807) is 20.3 Å². The molecule has 0 heterocycles. The fraction of sp³-hybridized carbons (Fsp3) is 0.462. The van der Waals surface area contributed by atoms with E-state index in [9.17, 15) is 4.79 Å². The second-order valence-electron chi connectivity index (χ2n) is 3.79. The summed E-state index contributed by atoms with van der Waals surface area (Å²) in [4.78, 5) is 11.4. The first-order valence-corrected chi connectivity index (χ1v) is 5.79. The van der Waals surface area contributed by atoms with Crippen LogP contribution in [0.25, 0.3) is 0 Å². The van der Waals surface area contributed by atoms with Crippen LogP contribution in [0, 0.1) is 0 Å². The number of nitrogens with one attached hydrogen (secondary N) is 1. The van der Waals surface area contributed by atoms with E-state index >= 15 is 0 Å². The van der Waals surface area contributed by atoms with Gasteiger partial charge in [-0.2, -0.15) is 0 Å². The molecule has 2 N–H and O–H groups in total. The standard InChI is InChI=1S/C13H19NO4/c1-17-11-6-5-10(8-12(11)18-2)9-14-13(16)4-3-7-15/h5-6,8,15H,3-4,7,9H2,1-2H3,(H,14,16). The molecule has 5 nitrogen and oxygen atoms in total. The zero-order valence-electron chi connectivity index (χ0n) is 10.7. The molecule has 0 bridgehead atoms. The number of ether oxygens (including phenoxy) is 2. The van der Waals surface area contributed by atoms with Gasteiger partial charge < -0.3 is 19.9 Å². The lowest BCUT2D eigenvalue weighted by Crippen LogP contribution is -2.22. The van der Waals surface area contributed by atoms with Crippen LogP contribution in [0.3, 0.4) is 0 Å². The molecule has 1 aromatic rings. The molecule has 1 amide bonds. The van der Waals surface area contributed by atoms with Crippen molar-refractivity contribution in [2.75, 3.05) is 20.8 Å². The number of hydrogen-bond donors (Lipinski definition) is 2. The predicted octanol–water partition coefficient (Wildman–Crippen LogP) is 1.09. The molecule has 0 spiro atoms. The molecular formula is C13H19NO4. The van der Waals surface area contributed by atoms with Crippen LogP contribution in [-0.4, -0.2) is 31.8 Å². The van der Waals surface area contributed by atoms with Gasteiger partial charge in [-0.1, -0.05) is 6.07 Å². The zero-order chi connectivity index (χ0) is 13.4. The Labute approximate surface area is 107 Å². The normalized spacial score (nSPS) is 9.94. The van der Waals surface area contributed by atoms with Crippen LogP contribution >= 0.6 is 0 Å². The lowest BCUT2D eigenvalue weighted by molar-refractivity contribution is -0.121. The van der Waals surface area contributed by atoms with Crippen molar-refractivity contribution in [1.29, 1.82) is 0 Å². The van der Waals surface area contributed by atoms with Gasteiger partial charge in [0, 0.05) is 19.6 Å². The van der Waals surface area contributed by atoms with Crippen molar-refractivity contribution in [2.24, 2.45) is 0 Å². The van der Waals surface area contributed by atoms with E-state index in [0.717, 1.165) is 5.56 Å². The summed E-state index contributed by atoms with van der Waals surface area (Å²) in [5, 5.41) is 11.4. The fourth-order valence-electron chi connectivity index (χ4n) is 1.52. The van der Waals surface area contributed by atoms with E-state index in [-0.39, 0.29) is 12.5 Å². The summed E-state index contributed by atoms with van der Waals surface area (Å²) in [5.41, 5.74) is 0.935. The molecule has 5 heteroatoms. The number of aliphatic hydroxyl groups is 1. The smallest absolute Gasteiger partial charge is 0.220 e. The highest BCUT2D eigenvalue weighted by Crippen LogP contribution is 2.27. The molecule has 18 heavy (non-hydrogen) atoms. The van der Waals surface area contributed by atoms with E-state index in [2.05, 4.69) is 5.32 Å². The Balaban J connectivity index is 2.55. The van der Waals surface area contributed by atoms with Gasteiger partial charge in [-0.05, 0) is 24.1 Å². The number of hydrogen-bond acceptors (Lipinski definition) is 4. The maximum absolute atomic E-state index is 11.4. The van der Waals surface area contributed by atoms with Gasteiger partial charge in [-0.25, -0.2) is 0 Å². The van der Waals surface area contributed by atoms with Gasteiger partial charge in [0.05, 0.1) is 14.2 Å². The highest BCUT2D eigenvalue weighted by molar-refractivity contribution is 5.75. The molecule has 0 saturated carbocycles. The van der Waals surface area contributed by atoms with E-state index in [1.165, 1.54) is 0 Å². The first kappa shape index (κ1) is 14.3. The monoisotopic (exact) mass is 253 g/mol. The van der Waals surface area contributed by atoms with Crippen molar-refractivity contribution < 1.29 is 19.4 Å². The van der Waals surface area contributed by atoms with Crippen molar-refractivity contribution >= 4 is 5.91 Å². The second-order valence-corrected chi connectivity index (χ2v) is 3.79. The number of carbonyl (C=O) groups excluding carboxylic acids is 1. The van der Waals surface area contributed by atoms with Gasteiger partial charge >= 0.3 is 0 Å². The molecule has 100 valence electrons. The second kappa shape index (κ2) is 7.55. The number of rotatable bonds is 7. The van der Waals surface area contributed by atoms with Crippen LogP contribution in [0.4, 0.5) is 0 Å². The third kappa shape index (κ3) is 4.25. The Bertz CT molecular complexity index is 393. The van der Waals surface area contributed by atoms with Crippen LogP contribution in [0.5, 0.6) is 11.5 Å². The van der Waals surface area contributed by atoms with Crippen molar-refractivity contribution in [2.45, 2.75) is 19.4 Å². The Hall–Kier alpha value is -1.75. The SMILES string of the molecule is COc1ccc(CNC(=O)CCCO)cc1OC. The average Bonchev–Trinajstić information content (AvgIpc) is 2.42. The quantitative estimate of drug-likeness (QED) is 0.763. The maximum atomic E-state index is 11.4. The van der Waals surface area contributed by atoms with E-state index in [0.29, 0.717) is 30.9 Å². The summed E-state index contributed by atoms with van der Waals surface area (Å²) in [6.07, 6.45) is 0.821. The van der Waals surface area contributed by atoms with Crippen LogP contribution in [0.2, 0.25) is 0 Å². The van der Waals surface area contributed by atoms with E-state index < -0.39 is 0 Å². The molecule has 0 aliphatic heterocycles. The Morgan fingerprint density at radius 1 is 1.28 bits per heavy atom. The summed E-state index contributed by atoms with van der Waals surface area (Å²) in [7, 11) is 3.15. The van der Waals surface area contributed by atoms with Gasteiger partial charge in [-0.15, -0.1) is 0 Å². The van der Waals surface area contributed by atoms with Crippen LogP contribution in [0.15, 0.2) is 18.2 Å². The largest absolute Gasteiger partial charge is 0.493 e. The average molecular weight is 253 g/mol. The van der Waals surface area contributed by atoms with Crippen LogP contribution in [-0.2, 0) is 11.3 Å². The van der Waals surface area contributed by atoms with Crippen molar-refractivity contribution in [3.63, 3.8) is 0 Å². The van der Waals surface area contributed by atoms with Gasteiger partial charge in [0.1, 0.15) is 0 Å². The van der Waals surface area contributed by atoms with Gasteiger partial charge in [0.15, 0.2) is 11.5 Å². The molecule has 0 fully saturated rings. The first-order chi connectivity index (χ1) is 8.71. The highest BCUT2D eigenvalue weighted by Gasteiger charge is 2.05. The minimum atomic E-state index is -0.0705. The molecule has 0 aliphatic rings. The fourth-order valence-corrected chi connectivity index (χ4v) is 1.52. The lowest BCUT2D eigenvalue weighted by Gasteiger charge is -2.10. The maximum Gasteiger partial charge on any atom is 0.220 e. The van der Waals surface area contributed by atoms with Gasteiger partial charge in [-0.3, -0.25) is 4.79 Å². The molecule has 0 unspecified atom stereocenters. The Morgan fingerprint density at radius 3 is 2.61 bits per heavy atom. The number of benzene rings is 1. The minimum Gasteiger partial charge on any atom is -0.493 e. The number of aliphatic hydroxyl groups excluding tert-OH is 1. The number of amides is 1. The molecule has 0 saturated heterocycles. The first-order valence-electron chi connectivity index (χ1n) is 5.79. The van der Waals surface area contributed by atoms with Crippen LogP contribution in [0.1, 0.15) is 18.4 Å². The van der Waals surface area contributed by atoms with Crippen LogP contribution < -0.4 is 14.8 Å². The molecule has 1 rings (SSSR count). The third-order valence-corrected chi connectivity index (χ3v) is 2.50. The molecule has 1 aromatic carbocycles. The lowest BCUT2D eigenvalue weighted by atomic mass is 10.2. The van der Waals surface area contributed by atoms with Crippen molar-refractivity contribution in [3.05, 3.63) is 23.8 Å². The molecular weight excluding hydrogens is 234 g/mol. The summed E-state index contributed by atoms with van der Waals surface area (Å²) in [6, 6.07) is 5.49. The van der Waals surface area contributed by atoms with Gasteiger partial charge in [0.25, 0.3) is 0 Å². The summed E-state index contributed by atoms with van der Waals surface area (Å²) in [6.45, 7) is 0.467. The third-order valence-electron chi connectivity index (χ3n) is 2.50. The zero-order valence-corrected chi connectivity index (χ0v) is 10.7. The number of carbonyl (C=O) groups is 1. The molecule has 0 aromatic heterocycles. The van der Waals surface area contributed by atoms with E-state index in [4.69, 9.17) is 14.6 Å².